The molecule has 1 N–H and O–H groups in total. The first-order valence-corrected chi connectivity index (χ1v) is 8.31. The summed E-state index contributed by atoms with van der Waals surface area (Å²) in [5.41, 5.74) is 2.04. The Morgan fingerprint density at radius 2 is 1.90 bits per heavy atom. The van der Waals surface area contributed by atoms with E-state index in [0.717, 1.165) is 31.9 Å². The van der Waals surface area contributed by atoms with Crippen LogP contribution in [0, 0.1) is 11.6 Å². The number of nitrogens with one attached hydrogen (secondary N) is 1. The molecule has 0 amide bonds. The van der Waals surface area contributed by atoms with Gasteiger partial charge in [-0.3, -0.25) is 0 Å². The molecular weight excluding hydrogens is 288 g/mol. The molecule has 1 atom stereocenters. The van der Waals surface area contributed by atoms with Gasteiger partial charge in [-0.1, -0.05) is 6.92 Å². The minimum absolute atomic E-state index is 0.242. The third kappa shape index (κ3) is 5.56. The molecule has 1 aromatic heterocycles. The number of aryl methyl sites for hydroxylation is 1. The van der Waals surface area contributed by atoms with Gasteiger partial charge in [0.15, 0.2) is 0 Å². The summed E-state index contributed by atoms with van der Waals surface area (Å²) < 4.78 is 26.6. The van der Waals surface area contributed by atoms with Crippen LogP contribution in [-0.4, -0.2) is 12.6 Å². The van der Waals surface area contributed by atoms with Crippen molar-refractivity contribution in [2.75, 3.05) is 6.54 Å². The molecule has 114 valence electrons. The van der Waals surface area contributed by atoms with E-state index >= 15 is 0 Å². The number of hydrogen-bond acceptors (Lipinski definition) is 2. The van der Waals surface area contributed by atoms with Crippen LogP contribution in [0.15, 0.2) is 35.0 Å². The van der Waals surface area contributed by atoms with Gasteiger partial charge < -0.3 is 5.32 Å². The zero-order chi connectivity index (χ0) is 15.1. The second-order valence-corrected chi connectivity index (χ2v) is 6.08. The van der Waals surface area contributed by atoms with Crippen LogP contribution in [0.5, 0.6) is 0 Å². The van der Waals surface area contributed by atoms with Crippen LogP contribution in [0.25, 0.3) is 0 Å². The summed E-state index contributed by atoms with van der Waals surface area (Å²) in [6.45, 7) is 3.04. The first-order chi connectivity index (χ1) is 10.2. The highest BCUT2D eigenvalue weighted by molar-refractivity contribution is 7.07. The van der Waals surface area contributed by atoms with Gasteiger partial charge in [0, 0.05) is 12.1 Å². The topological polar surface area (TPSA) is 12.0 Å². The van der Waals surface area contributed by atoms with Crippen LogP contribution >= 0.6 is 11.3 Å². The molecule has 0 aliphatic heterocycles. The molecule has 0 radical (unpaired) electrons. The van der Waals surface area contributed by atoms with Gasteiger partial charge in [-0.25, -0.2) is 8.78 Å². The molecule has 1 aromatic carbocycles. The molecule has 0 fully saturated rings. The van der Waals surface area contributed by atoms with E-state index in [1.165, 1.54) is 17.7 Å². The second-order valence-electron chi connectivity index (χ2n) is 5.30. The maximum Gasteiger partial charge on any atom is 0.126 e. The Hall–Kier alpha value is -1.26. The first-order valence-electron chi connectivity index (χ1n) is 7.37. The Kier molecular flexibility index (Phi) is 6.33. The Balaban J connectivity index is 1.97. The minimum Gasteiger partial charge on any atom is -0.314 e. The average Bonchev–Trinajstić information content (AvgIpc) is 2.94. The van der Waals surface area contributed by atoms with Gasteiger partial charge in [-0.2, -0.15) is 11.3 Å². The number of rotatable bonds is 8. The lowest BCUT2D eigenvalue weighted by molar-refractivity contribution is 0.475. The lowest BCUT2D eigenvalue weighted by Crippen LogP contribution is -2.32. The Bertz CT molecular complexity index is 519. The van der Waals surface area contributed by atoms with E-state index < -0.39 is 11.6 Å². The van der Waals surface area contributed by atoms with E-state index in [9.17, 15) is 8.78 Å². The lowest BCUT2D eigenvalue weighted by atomic mass is 9.99. The number of benzene rings is 1. The average molecular weight is 309 g/mol. The van der Waals surface area contributed by atoms with Gasteiger partial charge in [0.2, 0.25) is 0 Å². The Morgan fingerprint density at radius 1 is 1.14 bits per heavy atom. The highest BCUT2D eigenvalue weighted by atomic mass is 32.1. The van der Waals surface area contributed by atoms with Gasteiger partial charge in [-0.15, -0.1) is 0 Å². The van der Waals surface area contributed by atoms with E-state index in [0.29, 0.717) is 12.0 Å². The zero-order valence-electron chi connectivity index (χ0n) is 12.2. The minimum atomic E-state index is -0.503. The van der Waals surface area contributed by atoms with Crippen molar-refractivity contribution in [2.45, 2.75) is 38.6 Å². The molecule has 2 rings (SSSR count). The lowest BCUT2D eigenvalue weighted by Gasteiger charge is -2.18. The largest absolute Gasteiger partial charge is 0.314 e. The van der Waals surface area contributed by atoms with Crippen molar-refractivity contribution in [3.8, 4) is 0 Å². The Labute approximate surface area is 129 Å². The summed E-state index contributed by atoms with van der Waals surface area (Å²) in [5.74, 6) is -1.01. The summed E-state index contributed by atoms with van der Waals surface area (Å²) >= 11 is 1.70. The smallest absolute Gasteiger partial charge is 0.126 e. The third-order valence-electron chi connectivity index (χ3n) is 3.45. The third-order valence-corrected chi connectivity index (χ3v) is 4.18. The van der Waals surface area contributed by atoms with Crippen molar-refractivity contribution in [3.63, 3.8) is 0 Å². The van der Waals surface area contributed by atoms with E-state index in [4.69, 9.17) is 0 Å². The van der Waals surface area contributed by atoms with Gasteiger partial charge in [0.1, 0.15) is 11.6 Å². The van der Waals surface area contributed by atoms with Crippen molar-refractivity contribution in [2.24, 2.45) is 0 Å². The zero-order valence-corrected chi connectivity index (χ0v) is 13.1. The van der Waals surface area contributed by atoms with Crippen LogP contribution in [0.3, 0.4) is 0 Å². The molecule has 2 aromatic rings. The maximum absolute atomic E-state index is 13.3. The molecule has 0 aliphatic rings. The summed E-state index contributed by atoms with van der Waals surface area (Å²) in [6, 6.07) is 6.14. The molecule has 0 saturated carbocycles. The Morgan fingerprint density at radius 3 is 2.52 bits per heavy atom. The van der Waals surface area contributed by atoms with Gasteiger partial charge in [0.25, 0.3) is 0 Å². The van der Waals surface area contributed by atoms with Gasteiger partial charge in [-0.05, 0) is 72.3 Å². The number of thiophene rings is 1. The molecule has 1 nitrogen and oxygen atoms in total. The predicted molar refractivity (Wildman–Crippen MR) is 84.8 cm³/mol. The molecule has 0 spiro atoms. The molecule has 21 heavy (non-hydrogen) atoms. The SMILES string of the molecule is CCCNC(CCc1ccsc1)Cc1cc(F)cc(F)c1. The van der Waals surface area contributed by atoms with Crippen molar-refractivity contribution in [1.82, 2.24) is 5.32 Å². The summed E-state index contributed by atoms with van der Waals surface area (Å²) in [4.78, 5) is 0. The summed E-state index contributed by atoms with van der Waals surface area (Å²) in [6.07, 6.45) is 3.66. The quantitative estimate of drug-likeness (QED) is 0.753. The fraction of sp³-hybridized carbons (Fsp3) is 0.412. The molecule has 4 heteroatoms. The van der Waals surface area contributed by atoms with E-state index in [2.05, 4.69) is 29.1 Å². The fourth-order valence-corrected chi connectivity index (χ4v) is 3.12. The second kappa shape index (κ2) is 8.25. The summed E-state index contributed by atoms with van der Waals surface area (Å²) in [5, 5.41) is 7.70. The van der Waals surface area contributed by atoms with E-state index in [1.807, 2.05) is 0 Å². The number of halogens is 2. The maximum atomic E-state index is 13.3. The van der Waals surface area contributed by atoms with Crippen LogP contribution < -0.4 is 5.32 Å². The molecule has 0 saturated heterocycles. The first kappa shape index (κ1) is 16.1. The highest BCUT2D eigenvalue weighted by Gasteiger charge is 2.11. The molecule has 0 aliphatic carbocycles. The molecule has 0 bridgehead atoms. The van der Waals surface area contributed by atoms with Crippen LogP contribution in [0.1, 0.15) is 30.9 Å². The van der Waals surface area contributed by atoms with E-state index in [1.54, 1.807) is 11.3 Å². The molecule has 1 unspecified atom stereocenters. The van der Waals surface area contributed by atoms with Crippen molar-refractivity contribution < 1.29 is 8.78 Å². The molecular formula is C17H21F2NS. The predicted octanol–water partition coefficient (Wildman–Crippen LogP) is 4.57. The molecule has 1 heterocycles. The highest BCUT2D eigenvalue weighted by Crippen LogP contribution is 2.14. The van der Waals surface area contributed by atoms with Gasteiger partial charge in [0.05, 0.1) is 0 Å². The van der Waals surface area contributed by atoms with E-state index in [-0.39, 0.29) is 6.04 Å². The van der Waals surface area contributed by atoms with Crippen molar-refractivity contribution >= 4 is 11.3 Å². The van der Waals surface area contributed by atoms with Crippen LogP contribution in [0.4, 0.5) is 8.78 Å². The fourth-order valence-electron chi connectivity index (χ4n) is 2.41. The summed E-state index contributed by atoms with van der Waals surface area (Å²) in [7, 11) is 0. The van der Waals surface area contributed by atoms with Gasteiger partial charge >= 0.3 is 0 Å². The monoisotopic (exact) mass is 309 g/mol. The van der Waals surface area contributed by atoms with Crippen LogP contribution in [0.2, 0.25) is 0 Å². The normalized spacial score (nSPS) is 12.5. The number of hydrogen-bond donors (Lipinski definition) is 1. The van der Waals surface area contributed by atoms with Crippen LogP contribution in [-0.2, 0) is 12.8 Å². The van der Waals surface area contributed by atoms with Crippen molar-refractivity contribution in [1.29, 1.82) is 0 Å². The standard InChI is InChI=1S/C17H21F2NS/c1-2-6-20-17(4-3-13-5-7-21-12-13)10-14-8-15(18)11-16(19)9-14/h5,7-9,11-12,17,20H,2-4,6,10H2,1H3. The van der Waals surface area contributed by atoms with Crippen molar-refractivity contribution in [3.05, 3.63) is 57.8 Å².